The van der Waals surface area contributed by atoms with Gasteiger partial charge in [-0.15, -0.1) is 0 Å². The Morgan fingerprint density at radius 3 is 1.83 bits per heavy atom. The molecule has 7 N–H and O–H groups in total. The standard InChI is InChI=1S/C39H69N7O7/c1-9-24(7)31(40)38(52)44-17-11-14-26(44)21-30(47)27(20-22(3)4)35(49)43-33(25(8)10-2)36(50)42-32(23(5)6)39(53)46-19-13-16-29(46)37(51)45-18-12-15-28(45)34(41)48/h22-33,47H,9-21,40H2,1-8H3,(H2,41,48)(H,42,50)(H,43,49)/t24-,25-,26-,27+,28-,29-,30-,31-,32-,33-/m1/s1. The Bertz CT molecular complexity index is 1290. The lowest BCUT2D eigenvalue weighted by Crippen LogP contribution is -2.60. The fraction of sp³-hybridized carbons (Fsp3) is 0.846. The van der Waals surface area contributed by atoms with Crippen LogP contribution in [0.15, 0.2) is 0 Å². The summed E-state index contributed by atoms with van der Waals surface area (Å²) in [5, 5.41) is 17.5. The van der Waals surface area contributed by atoms with E-state index in [1.165, 1.54) is 9.80 Å². The third kappa shape index (κ3) is 10.9. The molecule has 14 heteroatoms. The molecule has 0 aromatic heterocycles. The van der Waals surface area contributed by atoms with Gasteiger partial charge in [-0.25, -0.2) is 0 Å². The van der Waals surface area contributed by atoms with Gasteiger partial charge < -0.3 is 41.9 Å². The average molecular weight is 748 g/mol. The number of aliphatic hydroxyl groups is 1. The minimum atomic E-state index is -1.06. The number of nitrogens with one attached hydrogen (secondary N) is 2. The van der Waals surface area contributed by atoms with E-state index in [0.717, 1.165) is 12.8 Å². The molecule has 0 unspecified atom stereocenters. The van der Waals surface area contributed by atoms with Crippen molar-refractivity contribution < 1.29 is 33.9 Å². The van der Waals surface area contributed by atoms with E-state index < -0.39 is 60.0 Å². The number of amides is 6. The normalized spacial score (nSPS) is 24.5. The lowest BCUT2D eigenvalue weighted by molar-refractivity contribution is -0.148. The van der Waals surface area contributed by atoms with Crippen LogP contribution >= 0.6 is 0 Å². The van der Waals surface area contributed by atoms with Crippen LogP contribution in [0, 0.1) is 29.6 Å². The summed E-state index contributed by atoms with van der Waals surface area (Å²) in [5.74, 6) is -3.71. The van der Waals surface area contributed by atoms with Crippen molar-refractivity contribution in [2.75, 3.05) is 19.6 Å². The Hall–Kier alpha value is -3.26. The van der Waals surface area contributed by atoms with Crippen LogP contribution in [0.2, 0.25) is 0 Å². The Morgan fingerprint density at radius 2 is 1.26 bits per heavy atom. The van der Waals surface area contributed by atoms with Crippen molar-refractivity contribution in [3.8, 4) is 0 Å². The molecule has 0 aliphatic carbocycles. The van der Waals surface area contributed by atoms with Crippen molar-refractivity contribution in [2.24, 2.45) is 41.1 Å². The molecule has 3 heterocycles. The van der Waals surface area contributed by atoms with Gasteiger partial charge in [-0.1, -0.05) is 68.2 Å². The Morgan fingerprint density at radius 1 is 0.717 bits per heavy atom. The number of carbonyl (C=O) groups excluding carboxylic acids is 6. The van der Waals surface area contributed by atoms with Gasteiger partial charge in [0, 0.05) is 25.7 Å². The molecule has 0 aromatic rings. The third-order valence-electron chi connectivity index (χ3n) is 12.0. The van der Waals surface area contributed by atoms with Crippen LogP contribution in [0.3, 0.4) is 0 Å². The molecule has 6 amide bonds. The van der Waals surface area contributed by atoms with E-state index in [4.69, 9.17) is 11.5 Å². The number of aliphatic hydroxyl groups excluding tert-OH is 1. The van der Waals surface area contributed by atoms with E-state index in [-0.39, 0.29) is 53.9 Å². The highest BCUT2D eigenvalue weighted by atomic mass is 16.3. The Labute approximate surface area is 316 Å². The second-order valence-electron chi connectivity index (χ2n) is 16.7. The minimum Gasteiger partial charge on any atom is -0.392 e. The molecule has 3 aliphatic heterocycles. The van der Waals surface area contributed by atoms with Crippen molar-refractivity contribution in [3.05, 3.63) is 0 Å². The van der Waals surface area contributed by atoms with E-state index in [1.54, 1.807) is 4.90 Å². The zero-order valence-electron chi connectivity index (χ0n) is 33.5. The average Bonchev–Trinajstić information content (AvgIpc) is 3.91. The molecule has 0 aromatic carbocycles. The predicted octanol–water partition coefficient (Wildman–Crippen LogP) is 1.90. The number of carbonyl (C=O) groups is 6. The van der Waals surface area contributed by atoms with Crippen LogP contribution in [0.4, 0.5) is 0 Å². The van der Waals surface area contributed by atoms with E-state index in [2.05, 4.69) is 10.6 Å². The summed E-state index contributed by atoms with van der Waals surface area (Å²) < 4.78 is 0. The molecule has 3 aliphatic rings. The lowest BCUT2D eigenvalue weighted by atomic mass is 9.86. The maximum Gasteiger partial charge on any atom is 0.246 e. The van der Waals surface area contributed by atoms with Crippen molar-refractivity contribution in [2.45, 2.75) is 162 Å². The van der Waals surface area contributed by atoms with Gasteiger partial charge in [0.2, 0.25) is 35.4 Å². The summed E-state index contributed by atoms with van der Waals surface area (Å²) in [7, 11) is 0. The van der Waals surface area contributed by atoms with Gasteiger partial charge in [-0.3, -0.25) is 28.8 Å². The largest absolute Gasteiger partial charge is 0.392 e. The second-order valence-corrected chi connectivity index (χ2v) is 16.7. The topological polar surface area (TPSA) is 208 Å². The second kappa shape index (κ2) is 19.9. The lowest BCUT2D eigenvalue weighted by Gasteiger charge is -2.35. The molecule has 53 heavy (non-hydrogen) atoms. The SMILES string of the molecule is CC[C@@H](C)[C@@H](N)C(=O)N1CCC[C@@H]1C[C@@H](O)[C@H](CC(C)C)C(=O)N[C@@H](C(=O)N[C@@H](C(=O)N1CCC[C@@H]1C(=O)N1CCC[C@@H]1C(N)=O)C(C)C)[C@H](C)CC. The minimum absolute atomic E-state index is 0.0209. The van der Waals surface area contributed by atoms with Crippen LogP contribution in [-0.4, -0.2) is 117 Å². The van der Waals surface area contributed by atoms with Crippen molar-refractivity contribution in [1.29, 1.82) is 0 Å². The number of hydrogen-bond donors (Lipinski definition) is 5. The molecule has 0 saturated carbocycles. The van der Waals surface area contributed by atoms with Crippen molar-refractivity contribution in [3.63, 3.8) is 0 Å². The monoisotopic (exact) mass is 748 g/mol. The van der Waals surface area contributed by atoms with Gasteiger partial charge in [0.15, 0.2) is 0 Å². The molecule has 3 saturated heterocycles. The summed E-state index contributed by atoms with van der Waals surface area (Å²) in [6.07, 6.45) is 4.60. The highest BCUT2D eigenvalue weighted by Crippen LogP contribution is 2.29. The predicted molar refractivity (Wildman–Crippen MR) is 203 cm³/mol. The maximum atomic E-state index is 14.1. The van der Waals surface area contributed by atoms with Crippen LogP contribution in [0.5, 0.6) is 0 Å². The molecule has 0 spiro atoms. The first-order chi connectivity index (χ1) is 24.9. The van der Waals surface area contributed by atoms with E-state index in [9.17, 15) is 33.9 Å². The van der Waals surface area contributed by atoms with E-state index in [1.807, 2.05) is 55.4 Å². The molecule has 0 radical (unpaired) electrons. The van der Waals surface area contributed by atoms with Gasteiger partial charge in [-0.2, -0.15) is 0 Å². The van der Waals surface area contributed by atoms with Crippen LogP contribution in [0.1, 0.15) is 120 Å². The zero-order valence-corrected chi connectivity index (χ0v) is 33.5. The molecule has 3 rings (SSSR count). The number of primary amides is 1. The van der Waals surface area contributed by atoms with Crippen LogP contribution in [-0.2, 0) is 28.8 Å². The molecule has 10 atom stereocenters. The highest BCUT2D eigenvalue weighted by molar-refractivity contribution is 5.96. The number of nitrogens with two attached hydrogens (primary N) is 2. The van der Waals surface area contributed by atoms with Gasteiger partial charge in [0.25, 0.3) is 0 Å². The maximum absolute atomic E-state index is 14.1. The summed E-state index contributed by atoms with van der Waals surface area (Å²) in [4.78, 5) is 85.9. The first-order valence-electron chi connectivity index (χ1n) is 20.2. The Balaban J connectivity index is 1.76. The van der Waals surface area contributed by atoms with Gasteiger partial charge in [0.05, 0.1) is 18.1 Å². The first-order valence-corrected chi connectivity index (χ1v) is 20.2. The zero-order chi connectivity index (χ0) is 39.7. The van der Waals surface area contributed by atoms with E-state index >= 15 is 0 Å². The highest BCUT2D eigenvalue weighted by Gasteiger charge is 2.44. The molecule has 3 fully saturated rings. The molecular weight excluding hydrogens is 678 g/mol. The van der Waals surface area contributed by atoms with Crippen molar-refractivity contribution >= 4 is 35.4 Å². The summed E-state index contributed by atoms with van der Waals surface area (Å²) in [6, 6.07) is -4.25. The summed E-state index contributed by atoms with van der Waals surface area (Å²) in [5.41, 5.74) is 11.9. The van der Waals surface area contributed by atoms with Crippen LogP contribution in [0.25, 0.3) is 0 Å². The van der Waals surface area contributed by atoms with Crippen molar-refractivity contribution in [1.82, 2.24) is 25.3 Å². The quantitative estimate of drug-likeness (QED) is 0.140. The Kier molecular flexibility index (Phi) is 16.6. The number of nitrogens with zero attached hydrogens (tertiary/aromatic N) is 3. The van der Waals surface area contributed by atoms with E-state index in [0.29, 0.717) is 64.6 Å². The fourth-order valence-corrected chi connectivity index (χ4v) is 8.15. The molecule has 302 valence electrons. The van der Waals surface area contributed by atoms with Gasteiger partial charge in [0.1, 0.15) is 24.2 Å². The molecule has 0 bridgehead atoms. The molecule has 14 nitrogen and oxygen atoms in total. The number of hydrogen-bond acceptors (Lipinski definition) is 8. The van der Waals surface area contributed by atoms with Gasteiger partial charge >= 0.3 is 0 Å². The fourth-order valence-electron chi connectivity index (χ4n) is 8.15. The molecular formula is C39H69N7O7. The number of rotatable bonds is 18. The van der Waals surface area contributed by atoms with Crippen LogP contribution < -0.4 is 22.1 Å². The third-order valence-corrected chi connectivity index (χ3v) is 12.0. The summed E-state index contributed by atoms with van der Waals surface area (Å²) >= 11 is 0. The number of likely N-dealkylation sites (tertiary alicyclic amines) is 3. The first kappa shape index (κ1) is 44.1. The summed E-state index contributed by atoms with van der Waals surface area (Å²) in [6.45, 7) is 16.6. The van der Waals surface area contributed by atoms with Gasteiger partial charge in [-0.05, 0) is 75.0 Å². The smallest absolute Gasteiger partial charge is 0.246 e.